The van der Waals surface area contributed by atoms with Crippen molar-refractivity contribution in [2.45, 2.75) is 41.0 Å². The molecule has 2 nitrogen and oxygen atoms in total. The predicted octanol–water partition coefficient (Wildman–Crippen LogP) is 4.14. The van der Waals surface area contributed by atoms with Gasteiger partial charge in [-0.15, -0.1) is 0 Å². The monoisotopic (exact) mass is 234 g/mol. The minimum atomic E-state index is -0.151. The molecule has 0 radical (unpaired) electrons. The van der Waals surface area contributed by atoms with Gasteiger partial charge in [-0.25, -0.2) is 0 Å². The van der Waals surface area contributed by atoms with Gasteiger partial charge in [0, 0.05) is 23.5 Å². The average molecular weight is 234 g/mol. The van der Waals surface area contributed by atoms with Crippen LogP contribution in [0.15, 0.2) is 24.3 Å². The van der Waals surface area contributed by atoms with Gasteiger partial charge in [0.15, 0.2) is 11.6 Å². The van der Waals surface area contributed by atoms with Crippen molar-refractivity contribution < 1.29 is 9.59 Å². The van der Waals surface area contributed by atoms with Crippen molar-refractivity contribution in [2.24, 2.45) is 5.92 Å². The molecular weight excluding hydrogens is 212 g/mol. The highest BCUT2D eigenvalue weighted by molar-refractivity contribution is 6.14. The van der Waals surface area contributed by atoms with Gasteiger partial charge in [-0.05, 0) is 0 Å². The molecule has 0 spiro atoms. The Morgan fingerprint density at radius 1 is 0.941 bits per heavy atom. The summed E-state index contributed by atoms with van der Waals surface area (Å²) in [5, 5.41) is 0. The van der Waals surface area contributed by atoms with Crippen LogP contribution in [-0.2, 0) is 0 Å². The van der Waals surface area contributed by atoms with Gasteiger partial charge in [0.25, 0.3) is 0 Å². The maximum atomic E-state index is 11.6. The highest BCUT2D eigenvalue weighted by Crippen LogP contribution is 2.24. The smallest absolute Gasteiger partial charge is 0.166 e. The van der Waals surface area contributed by atoms with Crippen LogP contribution in [0.2, 0.25) is 0 Å². The first-order chi connectivity index (χ1) is 8.20. The van der Waals surface area contributed by atoms with E-state index in [0.717, 1.165) is 0 Å². The summed E-state index contributed by atoms with van der Waals surface area (Å²) in [5.41, 5.74) is 1.18. The normalized spacial score (nSPS) is 17.1. The van der Waals surface area contributed by atoms with E-state index in [1.807, 2.05) is 27.7 Å². The summed E-state index contributed by atoms with van der Waals surface area (Å²) in [5.74, 6) is 0.0281. The Hall–Kier alpha value is -1.44. The molecule has 1 unspecified atom stereocenters. The number of carbonyl (C=O) groups excluding carboxylic acids is 2. The maximum absolute atomic E-state index is 11.6. The molecule has 0 bridgehead atoms. The molecule has 0 saturated carbocycles. The fourth-order valence-corrected chi connectivity index (χ4v) is 1.69. The molecule has 1 aromatic rings. The Bertz CT molecular complexity index is 380. The van der Waals surface area contributed by atoms with Crippen molar-refractivity contribution in [1.29, 1.82) is 0 Å². The molecule has 0 heterocycles. The van der Waals surface area contributed by atoms with Crippen LogP contribution >= 0.6 is 0 Å². The van der Waals surface area contributed by atoms with E-state index < -0.39 is 0 Å². The zero-order chi connectivity index (χ0) is 13.4. The number of hydrogen-bond donors (Lipinski definition) is 0. The molecule has 1 aliphatic rings. The molecule has 0 aromatic heterocycles. The molecule has 0 fully saturated rings. The quantitative estimate of drug-likeness (QED) is 0.676. The van der Waals surface area contributed by atoms with Crippen LogP contribution in [0.25, 0.3) is 0 Å². The van der Waals surface area contributed by atoms with Crippen LogP contribution < -0.4 is 0 Å². The number of fused-ring (bicyclic) bond motifs is 1. The Balaban J connectivity index is 0.000000581. The lowest BCUT2D eigenvalue weighted by Crippen LogP contribution is -2.24. The van der Waals surface area contributed by atoms with Crippen LogP contribution in [0, 0.1) is 5.92 Å². The lowest BCUT2D eigenvalue weighted by Gasteiger charge is -2.18. The van der Waals surface area contributed by atoms with Crippen LogP contribution in [0.3, 0.4) is 0 Å². The van der Waals surface area contributed by atoms with E-state index in [9.17, 15) is 9.59 Å². The summed E-state index contributed by atoms with van der Waals surface area (Å²) in [4.78, 5) is 23.1. The summed E-state index contributed by atoms with van der Waals surface area (Å²) >= 11 is 0. The van der Waals surface area contributed by atoms with Gasteiger partial charge >= 0.3 is 0 Å². The van der Waals surface area contributed by atoms with Gasteiger partial charge < -0.3 is 0 Å². The number of hydrogen-bond acceptors (Lipinski definition) is 2. The second kappa shape index (κ2) is 7.77. The highest BCUT2D eigenvalue weighted by atomic mass is 16.1. The Labute approximate surface area is 104 Å². The predicted molar refractivity (Wildman–Crippen MR) is 71.6 cm³/mol. The number of ketones is 2. The summed E-state index contributed by atoms with van der Waals surface area (Å²) in [6, 6.07) is 7.04. The largest absolute Gasteiger partial charge is 0.294 e. The van der Waals surface area contributed by atoms with E-state index in [4.69, 9.17) is 0 Å². The third-order valence-corrected chi connectivity index (χ3v) is 2.43. The lowest BCUT2D eigenvalue weighted by molar-refractivity contribution is 0.0835. The van der Waals surface area contributed by atoms with Gasteiger partial charge in [-0.3, -0.25) is 9.59 Å². The molecule has 2 rings (SSSR count). The minimum absolute atomic E-state index is 0.0858. The molecule has 1 aliphatic carbocycles. The second-order valence-corrected chi connectivity index (χ2v) is 3.44. The van der Waals surface area contributed by atoms with Crippen LogP contribution in [0.4, 0.5) is 0 Å². The van der Waals surface area contributed by atoms with E-state index in [1.165, 1.54) is 0 Å². The number of carbonyl (C=O) groups is 2. The van der Waals surface area contributed by atoms with Crippen molar-refractivity contribution >= 4 is 11.6 Å². The molecule has 0 aliphatic heterocycles. The molecular formula is C15H22O2. The Kier molecular flexibility index (Phi) is 7.11. The molecule has 1 aromatic carbocycles. The van der Waals surface area contributed by atoms with E-state index in [0.29, 0.717) is 17.5 Å². The van der Waals surface area contributed by atoms with Crippen molar-refractivity contribution in [1.82, 2.24) is 0 Å². The zero-order valence-electron chi connectivity index (χ0n) is 11.4. The molecule has 17 heavy (non-hydrogen) atoms. The first kappa shape index (κ1) is 15.6. The molecule has 0 saturated heterocycles. The zero-order valence-corrected chi connectivity index (χ0v) is 11.4. The number of rotatable bonds is 0. The average Bonchev–Trinajstić information content (AvgIpc) is 2.41. The third-order valence-electron chi connectivity index (χ3n) is 2.43. The van der Waals surface area contributed by atoms with E-state index >= 15 is 0 Å². The third kappa shape index (κ3) is 3.52. The molecule has 1 atom stereocenters. The first-order valence-electron chi connectivity index (χ1n) is 6.36. The first-order valence-corrected chi connectivity index (χ1v) is 6.36. The maximum Gasteiger partial charge on any atom is 0.166 e. The summed E-state index contributed by atoms with van der Waals surface area (Å²) in [7, 11) is 0. The Morgan fingerprint density at radius 2 is 1.41 bits per heavy atom. The van der Waals surface area contributed by atoms with E-state index in [1.54, 1.807) is 31.2 Å². The van der Waals surface area contributed by atoms with Crippen molar-refractivity contribution in [3.63, 3.8) is 0 Å². The summed E-state index contributed by atoms with van der Waals surface area (Å²) in [6.07, 6.45) is 0.357. The second-order valence-electron chi connectivity index (χ2n) is 3.44. The number of Topliss-reactive ketones (excluding diaryl/α,β-unsaturated/α-hetero) is 2. The molecule has 0 amide bonds. The van der Waals surface area contributed by atoms with Gasteiger partial charge in [0.2, 0.25) is 0 Å². The molecule has 2 heteroatoms. The minimum Gasteiger partial charge on any atom is -0.294 e. The standard InChI is InChI=1S/C11H10O2.2C2H6/c1-7-6-10(12)8-4-2-3-5-9(8)11(7)13;2*1-2/h2-5,7H,6H2,1H3;2*1-2H3. The highest BCUT2D eigenvalue weighted by Gasteiger charge is 2.28. The number of benzene rings is 1. The Morgan fingerprint density at radius 3 is 1.94 bits per heavy atom. The van der Waals surface area contributed by atoms with E-state index in [2.05, 4.69) is 0 Å². The van der Waals surface area contributed by atoms with Gasteiger partial charge in [-0.1, -0.05) is 58.9 Å². The van der Waals surface area contributed by atoms with Crippen molar-refractivity contribution in [2.75, 3.05) is 0 Å². The SMILES string of the molecule is CC.CC.CC1CC(=O)c2ccccc2C1=O. The molecule has 94 valence electrons. The van der Waals surface area contributed by atoms with Gasteiger partial charge in [-0.2, -0.15) is 0 Å². The molecule has 0 N–H and O–H groups in total. The van der Waals surface area contributed by atoms with Crippen LogP contribution in [0.1, 0.15) is 61.8 Å². The topological polar surface area (TPSA) is 34.1 Å². The van der Waals surface area contributed by atoms with Crippen molar-refractivity contribution in [3.05, 3.63) is 35.4 Å². The van der Waals surface area contributed by atoms with Crippen molar-refractivity contribution in [3.8, 4) is 0 Å². The van der Waals surface area contributed by atoms with Crippen LogP contribution in [-0.4, -0.2) is 11.6 Å². The fraction of sp³-hybridized carbons (Fsp3) is 0.467. The fourth-order valence-electron chi connectivity index (χ4n) is 1.69. The lowest BCUT2D eigenvalue weighted by atomic mass is 9.83. The summed E-state index contributed by atoms with van der Waals surface area (Å²) in [6.45, 7) is 9.80. The van der Waals surface area contributed by atoms with Crippen LogP contribution in [0.5, 0.6) is 0 Å². The van der Waals surface area contributed by atoms with Gasteiger partial charge in [0.05, 0.1) is 0 Å². The summed E-state index contributed by atoms with van der Waals surface area (Å²) < 4.78 is 0. The van der Waals surface area contributed by atoms with Gasteiger partial charge in [0.1, 0.15) is 0 Å². The van der Waals surface area contributed by atoms with E-state index in [-0.39, 0.29) is 17.5 Å².